The first-order valence-electron chi connectivity index (χ1n) is 8.24. The molecule has 0 fully saturated rings. The van der Waals surface area contributed by atoms with Gasteiger partial charge in [0.15, 0.2) is 0 Å². The predicted molar refractivity (Wildman–Crippen MR) is 103 cm³/mol. The van der Waals surface area contributed by atoms with Crippen LogP contribution in [0.25, 0.3) is 0 Å². The largest absolute Gasteiger partial charge is 0.383 e. The minimum absolute atomic E-state index is 0.0464. The molecule has 5 nitrogen and oxygen atoms in total. The van der Waals surface area contributed by atoms with Crippen LogP contribution < -0.4 is 4.18 Å². The van der Waals surface area contributed by atoms with E-state index in [0.717, 1.165) is 18.2 Å². The smallest absolute Gasteiger partial charge is 0.306 e. The molecule has 0 aliphatic heterocycles. The lowest BCUT2D eigenvalue weighted by molar-refractivity contribution is 0.0671. The fourth-order valence-corrected chi connectivity index (χ4v) is 3.02. The number of amides is 1. The van der Waals surface area contributed by atoms with Gasteiger partial charge < -0.3 is 9.08 Å². The van der Waals surface area contributed by atoms with Crippen molar-refractivity contribution in [3.05, 3.63) is 64.7 Å². The molecule has 0 spiro atoms. The quantitative estimate of drug-likeness (QED) is 0.661. The lowest BCUT2D eigenvalue weighted by Gasteiger charge is -2.29. The van der Waals surface area contributed by atoms with E-state index in [1.807, 2.05) is 13.8 Å². The molecule has 0 aliphatic carbocycles. The van der Waals surface area contributed by atoms with Crippen molar-refractivity contribution in [3.8, 4) is 5.75 Å². The molecule has 0 saturated carbocycles. The Hall–Kier alpha value is -2.05. The molecule has 1 atom stereocenters. The van der Waals surface area contributed by atoms with Crippen molar-refractivity contribution in [2.75, 3.05) is 6.26 Å². The van der Waals surface area contributed by atoms with Gasteiger partial charge in [-0.15, -0.1) is 0 Å². The summed E-state index contributed by atoms with van der Waals surface area (Å²) in [6.07, 6.45) is 1.81. The molecule has 0 saturated heterocycles. The van der Waals surface area contributed by atoms with Crippen LogP contribution in [0.4, 0.5) is 0 Å². The third kappa shape index (κ3) is 5.75. The highest BCUT2D eigenvalue weighted by atomic mass is 35.5. The van der Waals surface area contributed by atoms with E-state index in [1.165, 1.54) is 0 Å². The van der Waals surface area contributed by atoms with Gasteiger partial charge in [0.1, 0.15) is 5.75 Å². The molecule has 1 amide bonds. The molecular formula is C19H22ClNO4S. The fraction of sp³-hybridized carbons (Fsp3) is 0.316. The maximum atomic E-state index is 12.9. The maximum Gasteiger partial charge on any atom is 0.306 e. The number of rotatable bonds is 7. The van der Waals surface area contributed by atoms with Gasteiger partial charge in [0.2, 0.25) is 0 Å². The van der Waals surface area contributed by atoms with Gasteiger partial charge in [-0.05, 0) is 55.3 Å². The Morgan fingerprint density at radius 2 is 1.69 bits per heavy atom. The van der Waals surface area contributed by atoms with E-state index in [-0.39, 0.29) is 17.7 Å². The zero-order chi connectivity index (χ0) is 19.3. The third-order valence-corrected chi connectivity index (χ3v) is 4.75. The number of carbonyl (C=O) groups excluding carboxylic acids is 1. The third-order valence-electron chi connectivity index (χ3n) is 4.00. The molecule has 0 radical (unpaired) electrons. The van der Waals surface area contributed by atoms with Crippen molar-refractivity contribution >= 4 is 27.6 Å². The van der Waals surface area contributed by atoms with Crippen LogP contribution in [0.15, 0.2) is 48.5 Å². The van der Waals surface area contributed by atoms with E-state index in [0.29, 0.717) is 17.1 Å². The maximum absolute atomic E-state index is 12.9. The molecule has 0 heterocycles. The Labute approximate surface area is 159 Å². The molecule has 7 heteroatoms. The normalized spacial score (nSPS) is 12.5. The highest BCUT2D eigenvalue weighted by Gasteiger charge is 2.21. The Bertz CT molecular complexity index is 848. The summed E-state index contributed by atoms with van der Waals surface area (Å²) in [5.41, 5.74) is 1.46. The van der Waals surface area contributed by atoms with Crippen LogP contribution >= 0.6 is 11.6 Å². The lowest BCUT2D eigenvalue weighted by Crippen LogP contribution is -2.37. The Balaban J connectivity index is 2.20. The topological polar surface area (TPSA) is 63.7 Å². The fourth-order valence-electron chi connectivity index (χ4n) is 2.43. The molecule has 2 rings (SSSR count). The number of hydrogen-bond acceptors (Lipinski definition) is 4. The van der Waals surface area contributed by atoms with Gasteiger partial charge in [-0.3, -0.25) is 4.79 Å². The summed E-state index contributed by atoms with van der Waals surface area (Å²) in [7, 11) is -3.56. The second-order valence-corrected chi connectivity index (χ2v) is 8.14. The van der Waals surface area contributed by atoms with Gasteiger partial charge in [0.25, 0.3) is 5.91 Å². The zero-order valence-electron chi connectivity index (χ0n) is 15.0. The summed E-state index contributed by atoms with van der Waals surface area (Å²) in [6, 6.07) is 13.5. The molecule has 0 aliphatic rings. The van der Waals surface area contributed by atoms with Crippen molar-refractivity contribution in [2.24, 2.45) is 0 Å². The van der Waals surface area contributed by atoms with Crippen molar-refractivity contribution in [1.29, 1.82) is 0 Å². The monoisotopic (exact) mass is 395 g/mol. The molecule has 26 heavy (non-hydrogen) atoms. The van der Waals surface area contributed by atoms with Crippen LogP contribution in [-0.2, 0) is 16.7 Å². The summed E-state index contributed by atoms with van der Waals surface area (Å²) >= 11 is 5.90. The first-order valence-corrected chi connectivity index (χ1v) is 10.4. The van der Waals surface area contributed by atoms with Crippen molar-refractivity contribution < 1.29 is 17.4 Å². The number of carbonyl (C=O) groups is 1. The van der Waals surface area contributed by atoms with E-state index in [9.17, 15) is 13.2 Å². The van der Waals surface area contributed by atoms with Gasteiger partial charge >= 0.3 is 10.1 Å². The first-order chi connectivity index (χ1) is 12.2. The number of hydrogen-bond donors (Lipinski definition) is 0. The molecule has 0 bridgehead atoms. The van der Waals surface area contributed by atoms with E-state index in [1.54, 1.807) is 53.4 Å². The van der Waals surface area contributed by atoms with E-state index < -0.39 is 10.1 Å². The van der Waals surface area contributed by atoms with Crippen LogP contribution in [-0.4, -0.2) is 31.5 Å². The van der Waals surface area contributed by atoms with Gasteiger partial charge in [0, 0.05) is 23.2 Å². The number of nitrogens with zero attached hydrogens (tertiary/aromatic N) is 1. The SMILES string of the molecule is CCC(C)N(Cc1ccc(OS(C)(=O)=O)cc1)C(=O)c1ccc(Cl)cc1. The molecule has 2 aromatic carbocycles. The van der Waals surface area contributed by atoms with Crippen molar-refractivity contribution in [3.63, 3.8) is 0 Å². The predicted octanol–water partition coefficient (Wildman–Crippen LogP) is 4.12. The Morgan fingerprint density at radius 1 is 1.12 bits per heavy atom. The van der Waals surface area contributed by atoms with Gasteiger partial charge in [-0.2, -0.15) is 8.42 Å². The summed E-state index contributed by atoms with van der Waals surface area (Å²) < 4.78 is 27.2. The summed E-state index contributed by atoms with van der Waals surface area (Å²) in [4.78, 5) is 14.7. The average molecular weight is 396 g/mol. The summed E-state index contributed by atoms with van der Waals surface area (Å²) in [5.74, 6) is 0.169. The summed E-state index contributed by atoms with van der Waals surface area (Å²) in [6.45, 7) is 4.43. The molecule has 0 N–H and O–H groups in total. The molecule has 140 valence electrons. The van der Waals surface area contributed by atoms with Crippen LogP contribution in [0.2, 0.25) is 5.02 Å². The van der Waals surface area contributed by atoms with E-state index >= 15 is 0 Å². The second kappa shape index (κ2) is 8.56. The minimum Gasteiger partial charge on any atom is -0.383 e. The number of benzene rings is 2. The van der Waals surface area contributed by atoms with Gasteiger partial charge in [-0.25, -0.2) is 0 Å². The highest BCUT2D eigenvalue weighted by molar-refractivity contribution is 7.86. The van der Waals surface area contributed by atoms with Crippen LogP contribution in [0.1, 0.15) is 36.2 Å². The summed E-state index contributed by atoms with van der Waals surface area (Å²) in [5, 5.41) is 0.582. The van der Waals surface area contributed by atoms with E-state index in [4.69, 9.17) is 15.8 Å². The van der Waals surface area contributed by atoms with Crippen LogP contribution in [0, 0.1) is 0 Å². The Morgan fingerprint density at radius 3 is 2.19 bits per heavy atom. The Kier molecular flexibility index (Phi) is 6.67. The van der Waals surface area contributed by atoms with E-state index in [2.05, 4.69) is 0 Å². The molecular weight excluding hydrogens is 374 g/mol. The first kappa shape index (κ1) is 20.3. The van der Waals surface area contributed by atoms with Gasteiger partial charge in [0.05, 0.1) is 6.26 Å². The number of halogens is 1. The van der Waals surface area contributed by atoms with Gasteiger partial charge in [-0.1, -0.05) is 30.7 Å². The molecule has 1 unspecified atom stereocenters. The van der Waals surface area contributed by atoms with Crippen molar-refractivity contribution in [2.45, 2.75) is 32.9 Å². The molecule has 2 aromatic rings. The van der Waals surface area contributed by atoms with Crippen LogP contribution in [0.5, 0.6) is 5.75 Å². The molecule has 0 aromatic heterocycles. The zero-order valence-corrected chi connectivity index (χ0v) is 16.5. The minimum atomic E-state index is -3.56. The average Bonchev–Trinajstić information content (AvgIpc) is 2.59. The standard InChI is InChI=1S/C19H22ClNO4S/c1-4-14(2)21(19(22)16-7-9-17(20)10-8-16)13-15-5-11-18(12-6-15)25-26(3,23)24/h5-12,14H,4,13H2,1-3H3. The lowest BCUT2D eigenvalue weighted by atomic mass is 10.1. The highest BCUT2D eigenvalue weighted by Crippen LogP contribution is 2.19. The van der Waals surface area contributed by atoms with Crippen molar-refractivity contribution in [1.82, 2.24) is 4.90 Å². The van der Waals surface area contributed by atoms with Crippen LogP contribution in [0.3, 0.4) is 0 Å². The second-order valence-electron chi connectivity index (χ2n) is 6.13.